The van der Waals surface area contributed by atoms with Gasteiger partial charge in [-0.2, -0.15) is 0 Å². The summed E-state index contributed by atoms with van der Waals surface area (Å²) in [6.07, 6.45) is 1.81. The lowest BCUT2D eigenvalue weighted by Gasteiger charge is -2.11. The van der Waals surface area contributed by atoms with Gasteiger partial charge in [-0.25, -0.2) is 4.98 Å². The number of hydrogen-bond donors (Lipinski definition) is 1. The van der Waals surface area contributed by atoms with E-state index >= 15 is 0 Å². The van der Waals surface area contributed by atoms with Crippen LogP contribution < -0.4 is 5.56 Å². The first-order chi connectivity index (χ1) is 10.7. The van der Waals surface area contributed by atoms with Crippen LogP contribution in [0.15, 0.2) is 22.3 Å². The zero-order chi connectivity index (χ0) is 15.7. The van der Waals surface area contributed by atoms with Crippen LogP contribution in [0, 0.1) is 4.77 Å². The fourth-order valence-electron chi connectivity index (χ4n) is 2.54. The normalized spacial score (nSPS) is 11.4. The van der Waals surface area contributed by atoms with E-state index in [-0.39, 0.29) is 5.56 Å². The van der Waals surface area contributed by atoms with Gasteiger partial charge in [-0.1, -0.05) is 19.9 Å². The highest BCUT2D eigenvalue weighted by Gasteiger charge is 2.15. The summed E-state index contributed by atoms with van der Waals surface area (Å²) < 4.78 is 4.20. The molecule has 0 bridgehead atoms. The van der Waals surface area contributed by atoms with Crippen LogP contribution in [0.4, 0.5) is 0 Å². The van der Waals surface area contributed by atoms with Crippen molar-refractivity contribution in [1.29, 1.82) is 0 Å². The minimum atomic E-state index is -0.0792. The number of hydrogen-bond acceptors (Lipinski definition) is 4. The molecule has 0 aromatic carbocycles. The van der Waals surface area contributed by atoms with Gasteiger partial charge in [0.2, 0.25) is 0 Å². The number of fused-ring (bicyclic) bond motifs is 1. The quantitative estimate of drug-likeness (QED) is 0.722. The van der Waals surface area contributed by atoms with E-state index in [4.69, 9.17) is 12.2 Å². The predicted molar refractivity (Wildman–Crippen MR) is 93.1 cm³/mol. The van der Waals surface area contributed by atoms with Crippen LogP contribution in [-0.4, -0.2) is 19.1 Å². The Labute approximate surface area is 137 Å². The first-order valence-corrected chi connectivity index (χ1v) is 8.73. The molecule has 0 fully saturated rings. The highest BCUT2D eigenvalue weighted by molar-refractivity contribution is 7.71. The zero-order valence-corrected chi connectivity index (χ0v) is 14.3. The maximum atomic E-state index is 12.7. The Hall–Kier alpha value is -1.73. The summed E-state index contributed by atoms with van der Waals surface area (Å²) >= 11 is 7.12. The van der Waals surface area contributed by atoms with Crippen LogP contribution >= 0.6 is 23.6 Å². The van der Waals surface area contributed by atoms with Gasteiger partial charge in [0.15, 0.2) is 16.2 Å². The van der Waals surface area contributed by atoms with Gasteiger partial charge in [0.05, 0.1) is 4.88 Å². The van der Waals surface area contributed by atoms with E-state index in [0.717, 1.165) is 30.1 Å². The molecular formula is C15H18N4OS2. The lowest BCUT2D eigenvalue weighted by atomic mass is 10.4. The minimum Gasteiger partial charge on any atom is -0.331 e. The molecule has 0 spiro atoms. The lowest BCUT2D eigenvalue weighted by Crippen LogP contribution is -2.25. The molecule has 0 unspecified atom stereocenters. The molecule has 0 aliphatic carbocycles. The van der Waals surface area contributed by atoms with Gasteiger partial charge >= 0.3 is 0 Å². The zero-order valence-electron chi connectivity index (χ0n) is 12.6. The molecule has 0 radical (unpaired) electrons. The minimum absolute atomic E-state index is 0.0792. The summed E-state index contributed by atoms with van der Waals surface area (Å²) in [6.45, 7) is 5.52. The Morgan fingerprint density at radius 1 is 1.27 bits per heavy atom. The smallest absolute Gasteiger partial charge is 0.280 e. The molecule has 0 amide bonds. The van der Waals surface area contributed by atoms with Crippen LogP contribution in [0.5, 0.6) is 0 Å². The Balaban J connectivity index is 2.33. The third kappa shape index (κ3) is 2.44. The molecule has 0 atom stereocenters. The summed E-state index contributed by atoms with van der Waals surface area (Å²) in [5, 5.41) is 2.00. The average molecular weight is 334 g/mol. The maximum absolute atomic E-state index is 12.7. The fraction of sp³-hybridized carbons (Fsp3) is 0.400. The molecule has 0 saturated carbocycles. The molecule has 116 valence electrons. The van der Waals surface area contributed by atoms with Crippen molar-refractivity contribution < 1.29 is 0 Å². The number of rotatable bonds is 5. The third-order valence-electron chi connectivity index (χ3n) is 3.51. The molecule has 3 heterocycles. The number of aryl methyl sites for hydroxylation is 1. The van der Waals surface area contributed by atoms with Gasteiger partial charge in [-0.05, 0) is 36.5 Å². The molecular weight excluding hydrogens is 316 g/mol. The Kier molecular flexibility index (Phi) is 4.26. The van der Waals surface area contributed by atoms with E-state index in [9.17, 15) is 4.79 Å². The largest absolute Gasteiger partial charge is 0.331 e. The summed E-state index contributed by atoms with van der Waals surface area (Å²) in [7, 11) is 0. The van der Waals surface area contributed by atoms with E-state index in [1.165, 1.54) is 0 Å². The second kappa shape index (κ2) is 6.18. The fourth-order valence-corrected chi connectivity index (χ4v) is 3.56. The number of imidazole rings is 1. The third-order valence-corrected chi connectivity index (χ3v) is 4.83. The first kappa shape index (κ1) is 15.2. The van der Waals surface area contributed by atoms with E-state index in [0.29, 0.717) is 22.5 Å². The van der Waals surface area contributed by atoms with E-state index in [2.05, 4.69) is 16.9 Å². The second-order valence-electron chi connectivity index (χ2n) is 5.15. The summed E-state index contributed by atoms with van der Waals surface area (Å²) in [4.78, 5) is 21.5. The highest BCUT2D eigenvalue weighted by atomic mass is 32.1. The van der Waals surface area contributed by atoms with Crippen molar-refractivity contribution in [3.8, 4) is 10.7 Å². The molecule has 22 heavy (non-hydrogen) atoms. The van der Waals surface area contributed by atoms with Crippen molar-refractivity contribution in [3.05, 3.63) is 32.6 Å². The van der Waals surface area contributed by atoms with Gasteiger partial charge in [0.25, 0.3) is 5.56 Å². The SMILES string of the molecule is CCCn1c(=O)c2[nH]c(-c3cccs3)nc2n(CCC)c1=S. The van der Waals surface area contributed by atoms with Crippen LogP contribution in [0.3, 0.4) is 0 Å². The Bertz CT molecular complexity index is 902. The monoisotopic (exact) mass is 334 g/mol. The van der Waals surface area contributed by atoms with Gasteiger partial charge < -0.3 is 9.55 Å². The van der Waals surface area contributed by atoms with Gasteiger partial charge in [-0.15, -0.1) is 11.3 Å². The molecule has 7 heteroatoms. The molecule has 1 N–H and O–H groups in total. The van der Waals surface area contributed by atoms with Crippen LogP contribution in [0.2, 0.25) is 0 Å². The number of thiophene rings is 1. The van der Waals surface area contributed by atoms with Crippen molar-refractivity contribution in [2.24, 2.45) is 0 Å². The standard InChI is InChI=1S/C15H18N4OS2/c1-3-7-18-13-11(14(20)19(8-4-2)15(18)21)16-12(17-13)10-6-5-9-22-10/h5-6,9H,3-4,7-8H2,1-2H3,(H,16,17). The second-order valence-corrected chi connectivity index (χ2v) is 6.47. The molecule has 5 nitrogen and oxygen atoms in total. The molecule has 3 aromatic heterocycles. The van der Waals surface area contributed by atoms with Crippen molar-refractivity contribution in [1.82, 2.24) is 19.1 Å². The average Bonchev–Trinajstić information content (AvgIpc) is 3.16. The number of aromatic nitrogens is 4. The predicted octanol–water partition coefficient (Wildman–Crippen LogP) is 3.80. The van der Waals surface area contributed by atoms with Crippen molar-refractivity contribution in [2.75, 3.05) is 0 Å². The number of nitrogens with one attached hydrogen (secondary N) is 1. The molecule has 0 aliphatic heterocycles. The van der Waals surface area contributed by atoms with E-state index in [1.54, 1.807) is 15.9 Å². The topological polar surface area (TPSA) is 55.6 Å². The molecule has 0 aliphatic rings. The van der Waals surface area contributed by atoms with Gasteiger partial charge in [0.1, 0.15) is 5.52 Å². The van der Waals surface area contributed by atoms with Crippen molar-refractivity contribution in [3.63, 3.8) is 0 Å². The summed E-state index contributed by atoms with van der Waals surface area (Å²) in [6, 6.07) is 3.97. The number of nitrogens with zero attached hydrogens (tertiary/aromatic N) is 3. The summed E-state index contributed by atoms with van der Waals surface area (Å²) in [5.74, 6) is 0.732. The van der Waals surface area contributed by atoms with Crippen LogP contribution in [0.25, 0.3) is 21.9 Å². The number of H-pyrrole nitrogens is 1. The number of aromatic amines is 1. The van der Waals surface area contributed by atoms with Crippen LogP contribution in [0.1, 0.15) is 26.7 Å². The van der Waals surface area contributed by atoms with E-state index in [1.807, 2.05) is 29.0 Å². The lowest BCUT2D eigenvalue weighted by molar-refractivity contribution is 0.575. The first-order valence-electron chi connectivity index (χ1n) is 7.44. The Morgan fingerprint density at radius 2 is 2.00 bits per heavy atom. The summed E-state index contributed by atoms with van der Waals surface area (Å²) in [5.41, 5.74) is 1.12. The molecule has 3 aromatic rings. The van der Waals surface area contributed by atoms with Crippen molar-refractivity contribution >= 4 is 34.7 Å². The highest BCUT2D eigenvalue weighted by Crippen LogP contribution is 2.23. The van der Waals surface area contributed by atoms with Crippen molar-refractivity contribution in [2.45, 2.75) is 39.8 Å². The van der Waals surface area contributed by atoms with Crippen LogP contribution in [-0.2, 0) is 13.1 Å². The molecule has 0 saturated heterocycles. The van der Waals surface area contributed by atoms with E-state index < -0.39 is 0 Å². The van der Waals surface area contributed by atoms with Gasteiger partial charge in [-0.3, -0.25) is 9.36 Å². The van der Waals surface area contributed by atoms with Gasteiger partial charge in [0, 0.05) is 13.1 Å². The maximum Gasteiger partial charge on any atom is 0.280 e. The Morgan fingerprint density at radius 3 is 2.64 bits per heavy atom. The molecule has 3 rings (SSSR count).